The Kier molecular flexibility index (Phi) is 11.7. The number of allylic oxidation sites excluding steroid dienone is 2. The summed E-state index contributed by atoms with van der Waals surface area (Å²) in [5.41, 5.74) is -0.873. The van der Waals surface area contributed by atoms with Gasteiger partial charge in [0.1, 0.15) is 0 Å². The van der Waals surface area contributed by atoms with E-state index in [2.05, 4.69) is 18.3 Å². The van der Waals surface area contributed by atoms with Crippen molar-refractivity contribution in [2.75, 3.05) is 6.54 Å². The number of aliphatic hydroxyl groups excluding tert-OH is 2. The van der Waals surface area contributed by atoms with Crippen LogP contribution in [0.15, 0.2) is 24.3 Å². The summed E-state index contributed by atoms with van der Waals surface area (Å²) < 4.78 is 0. The fourth-order valence-electron chi connectivity index (χ4n) is 3.88. The summed E-state index contributed by atoms with van der Waals surface area (Å²) in [6.07, 6.45) is 13.8. The first kappa shape index (κ1) is 24.9. The summed E-state index contributed by atoms with van der Waals surface area (Å²) in [7, 11) is 0. The summed E-state index contributed by atoms with van der Waals surface area (Å²) in [6, 6.07) is 0. The van der Waals surface area contributed by atoms with Gasteiger partial charge in [-0.3, -0.25) is 4.79 Å². The largest absolute Gasteiger partial charge is 0.393 e. The van der Waals surface area contributed by atoms with Crippen molar-refractivity contribution < 1.29 is 20.1 Å². The Morgan fingerprint density at radius 1 is 1.14 bits per heavy atom. The molecule has 0 saturated heterocycles. The number of nitrogens with one attached hydrogen (secondary N) is 1. The minimum Gasteiger partial charge on any atom is -0.393 e. The summed E-state index contributed by atoms with van der Waals surface area (Å²) in [5.74, 6) is -0.105. The molecule has 0 unspecified atom stereocenters. The van der Waals surface area contributed by atoms with Crippen LogP contribution in [0, 0.1) is 11.8 Å². The lowest BCUT2D eigenvalue weighted by Gasteiger charge is -2.23. The lowest BCUT2D eigenvalue weighted by atomic mass is 9.88. The number of unbranched alkanes of at least 4 members (excludes halogenated alkanes) is 3. The van der Waals surface area contributed by atoms with Crippen molar-refractivity contribution in [2.45, 2.75) is 96.4 Å². The van der Waals surface area contributed by atoms with E-state index in [1.165, 1.54) is 0 Å². The van der Waals surface area contributed by atoms with Gasteiger partial charge >= 0.3 is 0 Å². The zero-order valence-electron chi connectivity index (χ0n) is 17.9. The average Bonchev–Trinajstić information content (AvgIpc) is 2.89. The van der Waals surface area contributed by atoms with Crippen molar-refractivity contribution in [3.63, 3.8) is 0 Å². The highest BCUT2D eigenvalue weighted by atomic mass is 16.3. The second-order valence-corrected chi connectivity index (χ2v) is 8.34. The fraction of sp³-hybridized carbons (Fsp3) is 0.783. The molecule has 28 heavy (non-hydrogen) atoms. The monoisotopic (exact) mass is 395 g/mol. The summed E-state index contributed by atoms with van der Waals surface area (Å²) in [6.45, 7) is 6.52. The molecule has 0 aromatic heterocycles. The van der Waals surface area contributed by atoms with E-state index >= 15 is 0 Å². The maximum Gasteiger partial charge on any atom is 0.219 e. The number of rotatable bonds is 13. The molecule has 162 valence electrons. The number of carbonyl (C=O) groups is 1. The van der Waals surface area contributed by atoms with E-state index in [9.17, 15) is 20.1 Å². The molecule has 1 aliphatic rings. The Bertz CT molecular complexity index is 501. The van der Waals surface area contributed by atoms with E-state index in [1.807, 2.05) is 19.1 Å². The van der Waals surface area contributed by atoms with E-state index < -0.39 is 17.8 Å². The van der Waals surface area contributed by atoms with Crippen LogP contribution in [0.25, 0.3) is 0 Å². The summed E-state index contributed by atoms with van der Waals surface area (Å²) in [5, 5.41) is 34.0. The van der Waals surface area contributed by atoms with Gasteiger partial charge in [-0.15, -0.1) is 0 Å². The van der Waals surface area contributed by atoms with Crippen LogP contribution in [0.5, 0.6) is 0 Å². The molecule has 0 aromatic rings. The van der Waals surface area contributed by atoms with Gasteiger partial charge in [-0.25, -0.2) is 0 Å². The number of hydrogen-bond acceptors (Lipinski definition) is 4. The molecule has 4 N–H and O–H groups in total. The Balaban J connectivity index is 2.51. The van der Waals surface area contributed by atoms with Gasteiger partial charge in [0, 0.05) is 25.3 Å². The molecule has 0 bridgehead atoms. The molecule has 0 heterocycles. The van der Waals surface area contributed by atoms with Crippen molar-refractivity contribution >= 4 is 5.91 Å². The van der Waals surface area contributed by atoms with Crippen molar-refractivity contribution in [1.82, 2.24) is 5.32 Å². The summed E-state index contributed by atoms with van der Waals surface area (Å²) >= 11 is 0. The van der Waals surface area contributed by atoms with Gasteiger partial charge in [-0.1, -0.05) is 50.5 Å². The normalized spacial score (nSPS) is 27.5. The van der Waals surface area contributed by atoms with Gasteiger partial charge in [-0.2, -0.15) is 0 Å². The van der Waals surface area contributed by atoms with E-state index in [4.69, 9.17) is 0 Å². The molecule has 5 atom stereocenters. The number of carbonyl (C=O) groups excluding carboxylic acids is 1. The smallest absolute Gasteiger partial charge is 0.219 e. The van der Waals surface area contributed by atoms with E-state index in [-0.39, 0.29) is 17.7 Å². The van der Waals surface area contributed by atoms with Gasteiger partial charge < -0.3 is 20.6 Å². The van der Waals surface area contributed by atoms with Gasteiger partial charge in [0.2, 0.25) is 5.91 Å². The Labute approximate surface area is 170 Å². The minimum absolute atomic E-state index is 0.0441. The maximum absolute atomic E-state index is 11.4. The zero-order chi connectivity index (χ0) is 21.0. The average molecular weight is 396 g/mol. The summed E-state index contributed by atoms with van der Waals surface area (Å²) in [4.78, 5) is 11.4. The molecule has 0 radical (unpaired) electrons. The molecule has 1 aliphatic carbocycles. The van der Waals surface area contributed by atoms with E-state index in [0.717, 1.165) is 32.1 Å². The first-order valence-electron chi connectivity index (χ1n) is 11.0. The minimum atomic E-state index is -0.873. The van der Waals surface area contributed by atoms with Crippen LogP contribution in [0.3, 0.4) is 0 Å². The lowest BCUT2D eigenvalue weighted by molar-refractivity contribution is -0.121. The van der Waals surface area contributed by atoms with Crippen LogP contribution in [0.4, 0.5) is 0 Å². The van der Waals surface area contributed by atoms with Gasteiger partial charge in [0.05, 0.1) is 17.8 Å². The number of aliphatic hydroxyl groups is 3. The first-order valence-corrected chi connectivity index (χ1v) is 11.0. The van der Waals surface area contributed by atoms with Crippen molar-refractivity contribution in [3.8, 4) is 0 Å². The highest BCUT2D eigenvalue weighted by molar-refractivity contribution is 5.75. The Hall–Kier alpha value is -1.17. The Morgan fingerprint density at radius 3 is 2.57 bits per heavy atom. The molecule has 0 spiro atoms. The standard InChI is InChI=1S/C23H41NO4/c1-4-6-11-15-23(3,28)16-14-19-18(20(25)17-21(19)26)12-9-7-8-10-13-22(27)24-5-2/h7,9,14,16,18-21,25-26,28H,4-6,8,10-13,15,17H2,1-3H3,(H,24,27)/b9-7-,16-14+/t18-,19-,20-,21+,23+/m1/s1. The Morgan fingerprint density at radius 2 is 1.89 bits per heavy atom. The molecule has 0 aliphatic heterocycles. The lowest BCUT2D eigenvalue weighted by Crippen LogP contribution is -2.24. The fourth-order valence-corrected chi connectivity index (χ4v) is 3.88. The zero-order valence-corrected chi connectivity index (χ0v) is 17.9. The quantitative estimate of drug-likeness (QED) is 0.284. The van der Waals surface area contributed by atoms with Crippen LogP contribution in [0.2, 0.25) is 0 Å². The third-order valence-electron chi connectivity index (χ3n) is 5.60. The highest BCUT2D eigenvalue weighted by Gasteiger charge is 2.39. The number of hydrogen-bond donors (Lipinski definition) is 4. The van der Waals surface area contributed by atoms with Crippen LogP contribution in [-0.2, 0) is 4.79 Å². The van der Waals surface area contributed by atoms with E-state index in [0.29, 0.717) is 32.2 Å². The third-order valence-corrected chi connectivity index (χ3v) is 5.60. The van der Waals surface area contributed by atoms with Crippen molar-refractivity contribution in [3.05, 3.63) is 24.3 Å². The van der Waals surface area contributed by atoms with E-state index in [1.54, 1.807) is 13.0 Å². The molecular weight excluding hydrogens is 354 g/mol. The topological polar surface area (TPSA) is 89.8 Å². The molecule has 1 rings (SSSR count). The van der Waals surface area contributed by atoms with Crippen LogP contribution in [-0.4, -0.2) is 45.6 Å². The molecule has 5 heteroatoms. The molecular formula is C23H41NO4. The predicted molar refractivity (Wildman–Crippen MR) is 114 cm³/mol. The third kappa shape index (κ3) is 9.35. The van der Waals surface area contributed by atoms with Crippen LogP contribution >= 0.6 is 0 Å². The van der Waals surface area contributed by atoms with Gasteiger partial charge in [0.15, 0.2) is 0 Å². The maximum atomic E-state index is 11.4. The predicted octanol–water partition coefficient (Wildman–Crippen LogP) is 3.48. The number of amides is 1. The second kappa shape index (κ2) is 13.1. The van der Waals surface area contributed by atoms with Gasteiger partial charge in [-0.05, 0) is 45.4 Å². The van der Waals surface area contributed by atoms with Crippen molar-refractivity contribution in [2.24, 2.45) is 11.8 Å². The van der Waals surface area contributed by atoms with Gasteiger partial charge in [0.25, 0.3) is 0 Å². The second-order valence-electron chi connectivity index (χ2n) is 8.34. The molecule has 1 amide bonds. The molecule has 1 saturated carbocycles. The van der Waals surface area contributed by atoms with Crippen LogP contribution in [0.1, 0.15) is 78.6 Å². The SMILES string of the molecule is CCCCC[C@](C)(O)/C=C/[C@@H]1[C@@H](C/C=C\CCCC(=O)NCC)[C@H](O)C[C@@H]1O. The van der Waals surface area contributed by atoms with Crippen LogP contribution < -0.4 is 5.32 Å². The molecule has 1 fully saturated rings. The first-order chi connectivity index (χ1) is 13.3. The van der Waals surface area contributed by atoms with Crippen molar-refractivity contribution in [1.29, 1.82) is 0 Å². The molecule has 0 aromatic carbocycles. The highest BCUT2D eigenvalue weighted by Crippen LogP contribution is 2.37. The molecule has 5 nitrogen and oxygen atoms in total.